The lowest BCUT2D eigenvalue weighted by Gasteiger charge is -2.11. The highest BCUT2D eigenvalue weighted by molar-refractivity contribution is 5.34. The van der Waals surface area contributed by atoms with Crippen LogP contribution in [0.3, 0.4) is 0 Å². The average Bonchev–Trinajstić information content (AvgIpc) is 2.15. The number of hydrogen-bond acceptors (Lipinski definition) is 3. The van der Waals surface area contributed by atoms with E-state index in [0.29, 0.717) is 5.56 Å². The summed E-state index contributed by atoms with van der Waals surface area (Å²) in [6.45, 7) is 1.26. The van der Waals surface area contributed by atoms with E-state index in [-0.39, 0.29) is 19.0 Å². The normalized spacial score (nSPS) is 12.6. The van der Waals surface area contributed by atoms with E-state index in [1.165, 1.54) is 12.1 Å². The number of aliphatic hydroxyl groups is 2. The van der Waals surface area contributed by atoms with E-state index in [4.69, 9.17) is 14.9 Å². The maximum atomic E-state index is 13.2. The summed E-state index contributed by atoms with van der Waals surface area (Å²) < 4.78 is 18.2. The van der Waals surface area contributed by atoms with Gasteiger partial charge in [0.15, 0.2) is 11.6 Å². The summed E-state index contributed by atoms with van der Waals surface area (Å²) in [5, 5.41) is 17.9. The van der Waals surface area contributed by atoms with Crippen LogP contribution < -0.4 is 4.74 Å². The van der Waals surface area contributed by atoms with Gasteiger partial charge in [-0.3, -0.25) is 0 Å². The lowest BCUT2D eigenvalue weighted by Crippen LogP contribution is -2.14. The largest absolute Gasteiger partial charge is 0.487 e. The van der Waals surface area contributed by atoms with Gasteiger partial charge in [0.2, 0.25) is 0 Å². The van der Waals surface area contributed by atoms with Gasteiger partial charge in [0.05, 0.1) is 12.7 Å². The number of ether oxygens (including phenoxy) is 1. The van der Waals surface area contributed by atoms with Crippen molar-refractivity contribution < 1.29 is 19.3 Å². The van der Waals surface area contributed by atoms with Crippen LogP contribution in [0.25, 0.3) is 0 Å². The molecule has 1 atom stereocenters. The summed E-state index contributed by atoms with van der Waals surface area (Å²) in [4.78, 5) is 0. The van der Waals surface area contributed by atoms with Crippen molar-refractivity contribution in [1.82, 2.24) is 0 Å². The van der Waals surface area contributed by atoms with Crippen LogP contribution in [-0.4, -0.2) is 22.9 Å². The van der Waals surface area contributed by atoms with Gasteiger partial charge in [-0.1, -0.05) is 12.1 Å². The molecule has 0 spiro atoms. The molecule has 1 unspecified atom stereocenters. The monoisotopic (exact) mass is 200 g/mol. The lowest BCUT2D eigenvalue weighted by atomic mass is 10.2. The summed E-state index contributed by atoms with van der Waals surface area (Å²) in [5.74, 6) is -0.520. The van der Waals surface area contributed by atoms with Gasteiger partial charge in [0, 0.05) is 5.56 Å². The molecule has 0 radical (unpaired) electrons. The summed E-state index contributed by atoms with van der Waals surface area (Å²) in [6, 6.07) is 4.31. The Balaban J connectivity index is 2.82. The minimum absolute atomic E-state index is 0.00787. The molecular weight excluding hydrogens is 187 g/mol. The number of para-hydroxylation sites is 1. The molecule has 0 aliphatic heterocycles. The Morgan fingerprint density at radius 1 is 1.50 bits per heavy atom. The SMILES string of the molecule is CC(O)COc1c(F)cccc1CO. The highest BCUT2D eigenvalue weighted by atomic mass is 19.1. The molecule has 1 aromatic carbocycles. The van der Waals surface area contributed by atoms with Gasteiger partial charge in [-0.25, -0.2) is 4.39 Å². The fourth-order valence-corrected chi connectivity index (χ4v) is 1.04. The molecule has 0 saturated heterocycles. The fraction of sp³-hybridized carbons (Fsp3) is 0.400. The lowest BCUT2D eigenvalue weighted by molar-refractivity contribution is 0.118. The van der Waals surface area contributed by atoms with Crippen LogP contribution in [0.2, 0.25) is 0 Å². The van der Waals surface area contributed by atoms with E-state index >= 15 is 0 Å². The van der Waals surface area contributed by atoms with Gasteiger partial charge in [-0.2, -0.15) is 0 Å². The zero-order valence-corrected chi connectivity index (χ0v) is 7.90. The first-order valence-corrected chi connectivity index (χ1v) is 4.34. The topological polar surface area (TPSA) is 49.7 Å². The standard InChI is InChI=1S/C10H13FO3/c1-7(13)6-14-10-8(5-12)3-2-4-9(10)11/h2-4,7,12-13H,5-6H2,1H3. The minimum Gasteiger partial charge on any atom is -0.487 e. The van der Waals surface area contributed by atoms with Crippen LogP contribution in [0.1, 0.15) is 12.5 Å². The fourth-order valence-electron chi connectivity index (χ4n) is 1.04. The van der Waals surface area contributed by atoms with Crippen LogP contribution >= 0.6 is 0 Å². The molecule has 0 heterocycles. The molecule has 0 bridgehead atoms. The van der Waals surface area contributed by atoms with Crippen molar-refractivity contribution in [2.75, 3.05) is 6.61 Å². The smallest absolute Gasteiger partial charge is 0.165 e. The van der Waals surface area contributed by atoms with Crippen molar-refractivity contribution in [3.63, 3.8) is 0 Å². The minimum atomic E-state index is -0.666. The molecular formula is C10H13FO3. The first-order valence-electron chi connectivity index (χ1n) is 4.34. The summed E-state index contributed by atoms with van der Waals surface area (Å²) in [6.07, 6.45) is -0.666. The third-order valence-electron chi connectivity index (χ3n) is 1.69. The molecule has 0 fully saturated rings. The van der Waals surface area contributed by atoms with Gasteiger partial charge >= 0.3 is 0 Å². The van der Waals surface area contributed by atoms with Crippen LogP contribution in [0.5, 0.6) is 5.75 Å². The maximum absolute atomic E-state index is 13.2. The maximum Gasteiger partial charge on any atom is 0.165 e. The van der Waals surface area contributed by atoms with E-state index in [0.717, 1.165) is 0 Å². The van der Waals surface area contributed by atoms with E-state index in [1.807, 2.05) is 0 Å². The number of hydrogen-bond donors (Lipinski definition) is 2. The zero-order chi connectivity index (χ0) is 10.6. The summed E-state index contributed by atoms with van der Waals surface area (Å²) in [7, 11) is 0. The predicted octanol–water partition coefficient (Wildman–Crippen LogP) is 1.08. The molecule has 78 valence electrons. The Morgan fingerprint density at radius 2 is 2.21 bits per heavy atom. The van der Waals surface area contributed by atoms with Crippen molar-refractivity contribution in [3.05, 3.63) is 29.6 Å². The van der Waals surface area contributed by atoms with Crippen LogP contribution in [-0.2, 0) is 6.61 Å². The van der Waals surface area contributed by atoms with Crippen LogP contribution in [0.4, 0.5) is 4.39 Å². The van der Waals surface area contributed by atoms with Gasteiger partial charge in [-0.15, -0.1) is 0 Å². The second-order valence-corrected chi connectivity index (χ2v) is 3.05. The van der Waals surface area contributed by atoms with Crippen LogP contribution in [0, 0.1) is 5.82 Å². The quantitative estimate of drug-likeness (QED) is 0.764. The van der Waals surface area contributed by atoms with Gasteiger partial charge < -0.3 is 14.9 Å². The molecule has 4 heteroatoms. The van der Waals surface area contributed by atoms with Crippen molar-refractivity contribution >= 4 is 0 Å². The Hall–Kier alpha value is -1.13. The molecule has 0 saturated carbocycles. The van der Waals surface area contributed by atoms with Gasteiger partial charge in [0.25, 0.3) is 0 Å². The molecule has 1 aromatic rings. The zero-order valence-electron chi connectivity index (χ0n) is 7.90. The van der Waals surface area contributed by atoms with E-state index in [1.54, 1.807) is 13.0 Å². The molecule has 0 amide bonds. The average molecular weight is 200 g/mol. The summed E-state index contributed by atoms with van der Waals surface area (Å²) in [5.41, 5.74) is 0.380. The second-order valence-electron chi connectivity index (χ2n) is 3.05. The molecule has 0 aliphatic carbocycles. The predicted molar refractivity (Wildman–Crippen MR) is 49.5 cm³/mol. The van der Waals surface area contributed by atoms with E-state index in [9.17, 15) is 4.39 Å². The van der Waals surface area contributed by atoms with Crippen molar-refractivity contribution in [2.45, 2.75) is 19.6 Å². The molecule has 1 rings (SSSR count). The Kier molecular flexibility index (Phi) is 3.85. The molecule has 0 aromatic heterocycles. The second kappa shape index (κ2) is 4.93. The van der Waals surface area contributed by atoms with Crippen molar-refractivity contribution in [3.8, 4) is 5.75 Å². The Labute approximate surface area is 81.8 Å². The Morgan fingerprint density at radius 3 is 2.79 bits per heavy atom. The van der Waals surface area contributed by atoms with Crippen molar-refractivity contribution in [1.29, 1.82) is 0 Å². The highest BCUT2D eigenvalue weighted by Gasteiger charge is 2.09. The van der Waals surface area contributed by atoms with E-state index in [2.05, 4.69) is 0 Å². The first-order chi connectivity index (χ1) is 6.65. The van der Waals surface area contributed by atoms with E-state index < -0.39 is 11.9 Å². The molecule has 3 nitrogen and oxygen atoms in total. The van der Waals surface area contributed by atoms with Gasteiger partial charge in [-0.05, 0) is 13.0 Å². The third kappa shape index (κ3) is 2.68. The molecule has 0 aliphatic rings. The Bertz CT molecular complexity index is 299. The first kappa shape index (κ1) is 10.9. The number of aliphatic hydroxyl groups excluding tert-OH is 2. The van der Waals surface area contributed by atoms with Crippen LogP contribution in [0.15, 0.2) is 18.2 Å². The number of benzene rings is 1. The molecule has 2 N–H and O–H groups in total. The number of rotatable bonds is 4. The van der Waals surface area contributed by atoms with Gasteiger partial charge in [0.1, 0.15) is 6.61 Å². The highest BCUT2D eigenvalue weighted by Crippen LogP contribution is 2.22. The molecule has 14 heavy (non-hydrogen) atoms. The van der Waals surface area contributed by atoms with Crippen molar-refractivity contribution in [2.24, 2.45) is 0 Å². The summed E-state index contributed by atoms with van der Waals surface area (Å²) >= 11 is 0. The number of halogens is 1. The third-order valence-corrected chi connectivity index (χ3v) is 1.69.